The summed E-state index contributed by atoms with van der Waals surface area (Å²) in [6.07, 6.45) is 3.04. The van der Waals surface area contributed by atoms with Crippen LogP contribution in [0.3, 0.4) is 0 Å². The topological polar surface area (TPSA) is 43.1 Å². The molecule has 0 aliphatic heterocycles. The highest BCUT2D eigenvalue weighted by atomic mass is 16.1. The first-order valence-corrected chi connectivity index (χ1v) is 7.70. The van der Waals surface area contributed by atoms with Gasteiger partial charge in [-0.05, 0) is 47.4 Å². The molecule has 2 aromatic carbocycles. The highest BCUT2D eigenvalue weighted by Crippen LogP contribution is 2.51. The standard InChI is InChI=1S/C19H19NO/c20-19(21)17-11-13-6-2-4-8-15(13)18(17)16-10-9-12-5-1-3-7-14(12)16/h1-8,16-18H,9-11H2,(H2,20,21)/t16-,17?,18?/m0/s1. The lowest BCUT2D eigenvalue weighted by atomic mass is 9.78. The van der Waals surface area contributed by atoms with Crippen molar-refractivity contribution in [3.05, 3.63) is 70.8 Å². The molecule has 2 aromatic rings. The van der Waals surface area contributed by atoms with E-state index >= 15 is 0 Å². The molecule has 106 valence electrons. The molecule has 0 fully saturated rings. The van der Waals surface area contributed by atoms with Crippen molar-refractivity contribution >= 4 is 5.91 Å². The number of hydrogen-bond donors (Lipinski definition) is 1. The molecule has 0 saturated carbocycles. The van der Waals surface area contributed by atoms with Crippen LogP contribution in [0.15, 0.2) is 48.5 Å². The van der Waals surface area contributed by atoms with Crippen molar-refractivity contribution in [2.24, 2.45) is 11.7 Å². The van der Waals surface area contributed by atoms with Crippen LogP contribution in [0.4, 0.5) is 0 Å². The first kappa shape index (κ1) is 12.6. The van der Waals surface area contributed by atoms with E-state index in [0.29, 0.717) is 5.92 Å². The third-order valence-corrected chi connectivity index (χ3v) is 5.27. The Morgan fingerprint density at radius 3 is 2.38 bits per heavy atom. The van der Waals surface area contributed by atoms with E-state index in [2.05, 4.69) is 48.5 Å². The Bertz CT molecular complexity index is 706. The van der Waals surface area contributed by atoms with Crippen molar-refractivity contribution < 1.29 is 4.79 Å². The first-order valence-electron chi connectivity index (χ1n) is 7.70. The lowest BCUT2D eigenvalue weighted by Crippen LogP contribution is -2.29. The zero-order valence-corrected chi connectivity index (χ0v) is 12.0. The highest BCUT2D eigenvalue weighted by molar-refractivity contribution is 5.80. The van der Waals surface area contributed by atoms with Gasteiger partial charge in [-0.3, -0.25) is 4.79 Å². The summed E-state index contributed by atoms with van der Waals surface area (Å²) in [4.78, 5) is 12.0. The van der Waals surface area contributed by atoms with Gasteiger partial charge in [-0.25, -0.2) is 0 Å². The molecule has 2 N–H and O–H groups in total. The molecular formula is C19H19NO. The molecule has 2 heteroatoms. The molecule has 2 nitrogen and oxygen atoms in total. The number of primary amides is 1. The summed E-state index contributed by atoms with van der Waals surface area (Å²) < 4.78 is 0. The third-order valence-electron chi connectivity index (χ3n) is 5.27. The lowest BCUT2D eigenvalue weighted by molar-refractivity contribution is -0.122. The predicted octanol–water partition coefficient (Wildman–Crippen LogP) is 3.16. The van der Waals surface area contributed by atoms with E-state index in [9.17, 15) is 4.79 Å². The van der Waals surface area contributed by atoms with Gasteiger partial charge in [0.15, 0.2) is 0 Å². The normalized spacial score (nSPS) is 26.4. The average Bonchev–Trinajstić information content (AvgIpc) is 3.07. The highest BCUT2D eigenvalue weighted by Gasteiger charge is 2.42. The monoisotopic (exact) mass is 277 g/mol. The molecule has 3 atom stereocenters. The van der Waals surface area contributed by atoms with Crippen molar-refractivity contribution in [2.45, 2.75) is 31.1 Å². The number of nitrogens with two attached hydrogens (primary N) is 1. The van der Waals surface area contributed by atoms with Crippen LogP contribution in [0.5, 0.6) is 0 Å². The van der Waals surface area contributed by atoms with E-state index in [1.807, 2.05) is 0 Å². The van der Waals surface area contributed by atoms with Gasteiger partial charge in [-0.1, -0.05) is 48.5 Å². The Morgan fingerprint density at radius 2 is 1.62 bits per heavy atom. The SMILES string of the molecule is NC(=O)C1Cc2ccccc2C1[C@H]1CCc2ccccc21. The van der Waals surface area contributed by atoms with Crippen LogP contribution in [-0.4, -0.2) is 5.91 Å². The number of hydrogen-bond acceptors (Lipinski definition) is 1. The number of amides is 1. The minimum Gasteiger partial charge on any atom is -0.369 e. The van der Waals surface area contributed by atoms with E-state index in [1.165, 1.54) is 22.3 Å². The lowest BCUT2D eigenvalue weighted by Gasteiger charge is -2.25. The maximum absolute atomic E-state index is 12.0. The van der Waals surface area contributed by atoms with Gasteiger partial charge >= 0.3 is 0 Å². The molecule has 1 amide bonds. The first-order chi connectivity index (χ1) is 10.3. The molecule has 0 spiro atoms. The fourth-order valence-corrected chi connectivity index (χ4v) is 4.36. The molecule has 4 rings (SSSR count). The predicted molar refractivity (Wildman–Crippen MR) is 83.1 cm³/mol. The summed E-state index contributed by atoms with van der Waals surface area (Å²) in [5.74, 6) is 0.476. The number of fused-ring (bicyclic) bond motifs is 2. The summed E-state index contributed by atoms with van der Waals surface area (Å²) in [6, 6.07) is 17.1. The van der Waals surface area contributed by atoms with Crippen LogP contribution in [-0.2, 0) is 17.6 Å². The third kappa shape index (κ3) is 1.90. The fourth-order valence-electron chi connectivity index (χ4n) is 4.36. The zero-order valence-electron chi connectivity index (χ0n) is 12.0. The Kier molecular flexibility index (Phi) is 2.85. The Hall–Kier alpha value is -2.09. The van der Waals surface area contributed by atoms with Gasteiger partial charge in [-0.15, -0.1) is 0 Å². The molecule has 0 bridgehead atoms. The largest absolute Gasteiger partial charge is 0.369 e. The van der Waals surface area contributed by atoms with Crippen molar-refractivity contribution in [3.63, 3.8) is 0 Å². The van der Waals surface area contributed by atoms with Crippen molar-refractivity contribution in [2.75, 3.05) is 0 Å². The molecule has 0 saturated heterocycles. The Labute approximate surface area is 125 Å². The zero-order chi connectivity index (χ0) is 14.4. The quantitative estimate of drug-likeness (QED) is 0.900. The summed E-state index contributed by atoms with van der Waals surface area (Å²) in [5.41, 5.74) is 11.2. The number of carbonyl (C=O) groups excluding carboxylic acids is 1. The molecule has 2 aliphatic carbocycles. The number of aryl methyl sites for hydroxylation is 1. The number of rotatable bonds is 2. The fraction of sp³-hybridized carbons (Fsp3) is 0.316. The smallest absolute Gasteiger partial charge is 0.221 e. The maximum atomic E-state index is 12.0. The second-order valence-electron chi connectivity index (χ2n) is 6.28. The van der Waals surface area contributed by atoms with E-state index in [0.717, 1.165) is 19.3 Å². The molecular weight excluding hydrogens is 258 g/mol. The average molecular weight is 277 g/mol. The van der Waals surface area contributed by atoms with Crippen molar-refractivity contribution in [1.82, 2.24) is 0 Å². The summed E-state index contributed by atoms with van der Waals surface area (Å²) >= 11 is 0. The van der Waals surface area contributed by atoms with E-state index in [4.69, 9.17) is 5.73 Å². The molecule has 0 aromatic heterocycles. The summed E-state index contributed by atoms with van der Waals surface area (Å²) in [5, 5.41) is 0. The van der Waals surface area contributed by atoms with Crippen LogP contribution < -0.4 is 5.73 Å². The van der Waals surface area contributed by atoms with Crippen LogP contribution in [0, 0.1) is 5.92 Å². The molecule has 2 aliphatic rings. The number of carbonyl (C=O) groups is 1. The van der Waals surface area contributed by atoms with Crippen molar-refractivity contribution in [1.29, 1.82) is 0 Å². The van der Waals surface area contributed by atoms with E-state index in [-0.39, 0.29) is 17.7 Å². The minimum absolute atomic E-state index is 0.0569. The van der Waals surface area contributed by atoms with Gasteiger partial charge < -0.3 is 5.73 Å². The maximum Gasteiger partial charge on any atom is 0.221 e. The minimum atomic E-state index is -0.152. The Balaban J connectivity index is 1.81. The summed E-state index contributed by atoms with van der Waals surface area (Å²) in [7, 11) is 0. The van der Waals surface area contributed by atoms with Gasteiger partial charge in [0.05, 0.1) is 0 Å². The van der Waals surface area contributed by atoms with Crippen LogP contribution in [0.1, 0.15) is 40.5 Å². The second-order valence-corrected chi connectivity index (χ2v) is 6.28. The number of benzene rings is 2. The second kappa shape index (κ2) is 4.73. The van der Waals surface area contributed by atoms with E-state index < -0.39 is 0 Å². The van der Waals surface area contributed by atoms with Gasteiger partial charge in [0.2, 0.25) is 5.91 Å². The van der Waals surface area contributed by atoms with Gasteiger partial charge in [0, 0.05) is 11.8 Å². The van der Waals surface area contributed by atoms with Gasteiger partial charge in [-0.2, -0.15) is 0 Å². The molecule has 2 unspecified atom stereocenters. The summed E-state index contributed by atoms with van der Waals surface area (Å²) in [6.45, 7) is 0. The van der Waals surface area contributed by atoms with Crippen LogP contribution in [0.25, 0.3) is 0 Å². The van der Waals surface area contributed by atoms with Gasteiger partial charge in [0.25, 0.3) is 0 Å². The Morgan fingerprint density at radius 1 is 0.952 bits per heavy atom. The molecule has 0 heterocycles. The van der Waals surface area contributed by atoms with E-state index in [1.54, 1.807) is 0 Å². The van der Waals surface area contributed by atoms with Crippen molar-refractivity contribution in [3.8, 4) is 0 Å². The van der Waals surface area contributed by atoms with Gasteiger partial charge in [0.1, 0.15) is 0 Å². The van der Waals surface area contributed by atoms with Crippen LogP contribution >= 0.6 is 0 Å². The molecule has 0 radical (unpaired) electrons. The molecule has 21 heavy (non-hydrogen) atoms. The van der Waals surface area contributed by atoms with Crippen LogP contribution in [0.2, 0.25) is 0 Å².